The molecule has 0 saturated heterocycles. The second-order valence-electron chi connectivity index (χ2n) is 4.00. The molecule has 0 bridgehead atoms. The highest BCUT2D eigenvalue weighted by atomic mass is 19.1. The van der Waals surface area contributed by atoms with Gasteiger partial charge in [0.25, 0.3) is 0 Å². The van der Waals surface area contributed by atoms with E-state index >= 15 is 0 Å². The summed E-state index contributed by atoms with van der Waals surface area (Å²) in [4.78, 5) is 24.4. The molecule has 0 aliphatic heterocycles. The zero-order valence-corrected chi connectivity index (χ0v) is 10.9. The molecule has 2 rings (SSSR count). The van der Waals surface area contributed by atoms with Gasteiger partial charge in [-0.15, -0.1) is 0 Å². The van der Waals surface area contributed by atoms with Crippen LogP contribution in [0, 0.1) is 5.82 Å². The van der Waals surface area contributed by atoms with Gasteiger partial charge in [-0.25, -0.2) is 9.18 Å². The number of amides is 1. The fourth-order valence-corrected chi connectivity index (χ4v) is 1.60. The summed E-state index contributed by atoms with van der Waals surface area (Å²) in [7, 11) is 2.96. The first kappa shape index (κ1) is 13.7. The molecule has 0 atom stereocenters. The van der Waals surface area contributed by atoms with Crippen molar-refractivity contribution in [2.45, 2.75) is 0 Å². The maximum absolute atomic E-state index is 12.7. The molecule has 2 aromatic rings. The van der Waals surface area contributed by atoms with Crippen LogP contribution in [0.2, 0.25) is 0 Å². The number of nitrogens with zero attached hydrogens (tertiary/aromatic N) is 3. The fourth-order valence-electron chi connectivity index (χ4n) is 1.60. The highest BCUT2D eigenvalue weighted by Gasteiger charge is 2.25. The molecule has 2 N–H and O–H groups in total. The Labute approximate surface area is 113 Å². The molecule has 1 heterocycles. The standard InChI is InChI=1S/C12H12FN5O2/c1-14-11(19)10-12(20)18(16-17(10)2)15-7-8-3-5-9(13)6-4-8/h3-7H,1-2H3,(H-,14,16,19,20)/p+1. The Morgan fingerprint density at radius 2 is 2.10 bits per heavy atom. The van der Waals surface area contributed by atoms with Gasteiger partial charge in [-0.05, 0) is 17.7 Å². The normalized spacial score (nSPS) is 10.9. The molecule has 0 radical (unpaired) electrons. The summed E-state index contributed by atoms with van der Waals surface area (Å²) in [6.07, 6.45) is 1.38. The third-order valence-corrected chi connectivity index (χ3v) is 2.61. The summed E-state index contributed by atoms with van der Waals surface area (Å²) in [6.45, 7) is 0. The van der Waals surface area contributed by atoms with Crippen molar-refractivity contribution in [2.75, 3.05) is 7.05 Å². The number of hydrogen-bond donors (Lipinski definition) is 2. The molecule has 0 saturated carbocycles. The van der Waals surface area contributed by atoms with Gasteiger partial charge in [-0.1, -0.05) is 22.4 Å². The van der Waals surface area contributed by atoms with Crippen LogP contribution in [0.15, 0.2) is 34.2 Å². The van der Waals surface area contributed by atoms with E-state index in [0.29, 0.717) is 5.56 Å². The molecule has 1 aromatic carbocycles. The van der Waals surface area contributed by atoms with Gasteiger partial charge in [0.1, 0.15) is 12.9 Å². The fraction of sp³-hybridized carbons (Fsp3) is 0.167. The number of benzene rings is 1. The number of aromatic amines is 1. The van der Waals surface area contributed by atoms with E-state index in [4.69, 9.17) is 0 Å². The summed E-state index contributed by atoms with van der Waals surface area (Å²) in [5.41, 5.74) is -0.0222. The van der Waals surface area contributed by atoms with Crippen molar-refractivity contribution in [3.05, 3.63) is 51.7 Å². The molecule has 20 heavy (non-hydrogen) atoms. The summed E-state index contributed by atoms with van der Waals surface area (Å²) >= 11 is 0. The second kappa shape index (κ2) is 5.47. The molecule has 0 spiro atoms. The topological polar surface area (TPSA) is 83.1 Å². The first-order chi connectivity index (χ1) is 9.52. The quantitative estimate of drug-likeness (QED) is 0.579. The van der Waals surface area contributed by atoms with E-state index in [0.717, 1.165) is 4.79 Å². The number of aryl methyl sites for hydroxylation is 1. The van der Waals surface area contributed by atoms with Gasteiger partial charge in [0.05, 0.1) is 6.21 Å². The zero-order valence-electron chi connectivity index (χ0n) is 10.9. The van der Waals surface area contributed by atoms with Gasteiger partial charge in [-0.3, -0.25) is 4.79 Å². The predicted octanol–water partition coefficient (Wildman–Crippen LogP) is -0.618. The molecule has 0 aliphatic rings. The molecule has 0 aliphatic carbocycles. The van der Waals surface area contributed by atoms with Crippen LogP contribution in [0.1, 0.15) is 16.1 Å². The molecule has 104 valence electrons. The first-order valence-electron chi connectivity index (χ1n) is 5.76. The number of nitrogens with one attached hydrogen (secondary N) is 2. The van der Waals surface area contributed by atoms with Crippen LogP contribution in [0.5, 0.6) is 0 Å². The minimum absolute atomic E-state index is 0.0660. The largest absolute Gasteiger partial charge is 0.432 e. The second-order valence-corrected chi connectivity index (χ2v) is 4.00. The average molecular weight is 278 g/mol. The van der Waals surface area contributed by atoms with Crippen molar-refractivity contribution in [1.82, 2.24) is 15.3 Å². The number of halogens is 1. The zero-order chi connectivity index (χ0) is 14.7. The molecular weight excluding hydrogens is 265 g/mol. The van der Waals surface area contributed by atoms with Crippen molar-refractivity contribution < 1.29 is 13.9 Å². The third kappa shape index (κ3) is 2.63. The van der Waals surface area contributed by atoms with Gasteiger partial charge in [0.2, 0.25) is 0 Å². The Bertz CT molecular complexity index is 714. The van der Waals surface area contributed by atoms with Crippen LogP contribution in [-0.4, -0.2) is 29.2 Å². The number of hydrogen-bond acceptors (Lipinski definition) is 3. The van der Waals surface area contributed by atoms with Crippen LogP contribution in [0.4, 0.5) is 4.39 Å². The SMILES string of the molecule is CNC(=O)c1c(=O)n(N=Cc2ccc(F)cc2)[nH][n+]1C. The smallest absolute Gasteiger partial charge is 0.352 e. The van der Waals surface area contributed by atoms with Gasteiger partial charge in [0, 0.05) is 11.8 Å². The number of rotatable bonds is 3. The van der Waals surface area contributed by atoms with Crippen LogP contribution in [0.25, 0.3) is 0 Å². The van der Waals surface area contributed by atoms with E-state index in [1.165, 1.54) is 49.3 Å². The van der Waals surface area contributed by atoms with Crippen molar-refractivity contribution in [3.63, 3.8) is 0 Å². The highest BCUT2D eigenvalue weighted by Crippen LogP contribution is 1.99. The van der Waals surface area contributed by atoms with Crippen LogP contribution in [-0.2, 0) is 7.05 Å². The van der Waals surface area contributed by atoms with Gasteiger partial charge >= 0.3 is 17.2 Å². The lowest BCUT2D eigenvalue weighted by Crippen LogP contribution is -2.42. The average Bonchev–Trinajstić information content (AvgIpc) is 2.72. The van der Waals surface area contributed by atoms with E-state index < -0.39 is 11.5 Å². The molecule has 8 heteroatoms. The minimum atomic E-state index is -0.579. The Morgan fingerprint density at radius 1 is 1.45 bits per heavy atom. The molecule has 0 fully saturated rings. The molecular formula is C12H13FN5O2+. The Morgan fingerprint density at radius 3 is 2.70 bits per heavy atom. The van der Waals surface area contributed by atoms with Crippen LogP contribution in [0.3, 0.4) is 0 Å². The van der Waals surface area contributed by atoms with Gasteiger partial charge < -0.3 is 5.32 Å². The molecule has 7 nitrogen and oxygen atoms in total. The van der Waals surface area contributed by atoms with E-state index in [9.17, 15) is 14.0 Å². The lowest BCUT2D eigenvalue weighted by atomic mass is 10.2. The molecule has 1 aromatic heterocycles. The summed E-state index contributed by atoms with van der Waals surface area (Å²) in [5, 5.41) is 8.87. The number of aromatic nitrogens is 3. The third-order valence-electron chi connectivity index (χ3n) is 2.61. The molecule has 1 amide bonds. The molecule has 0 unspecified atom stereocenters. The van der Waals surface area contributed by atoms with Crippen LogP contribution >= 0.6 is 0 Å². The lowest BCUT2D eigenvalue weighted by Gasteiger charge is -1.89. The van der Waals surface area contributed by atoms with Gasteiger partial charge in [0.15, 0.2) is 0 Å². The number of H-pyrrole nitrogens is 1. The first-order valence-corrected chi connectivity index (χ1v) is 5.76. The monoisotopic (exact) mass is 278 g/mol. The van der Waals surface area contributed by atoms with E-state index in [1.807, 2.05) is 0 Å². The van der Waals surface area contributed by atoms with Crippen LogP contribution < -0.4 is 15.6 Å². The number of carbonyl (C=O) groups is 1. The predicted molar refractivity (Wildman–Crippen MR) is 69.0 cm³/mol. The van der Waals surface area contributed by atoms with E-state index in [-0.39, 0.29) is 11.5 Å². The highest BCUT2D eigenvalue weighted by molar-refractivity contribution is 5.90. The number of carbonyl (C=O) groups excluding carboxylic acids is 1. The summed E-state index contributed by atoms with van der Waals surface area (Å²) in [5.74, 6) is -0.864. The van der Waals surface area contributed by atoms with E-state index in [2.05, 4.69) is 15.6 Å². The Balaban J connectivity index is 2.33. The lowest BCUT2D eigenvalue weighted by molar-refractivity contribution is -0.734. The van der Waals surface area contributed by atoms with Crippen molar-refractivity contribution >= 4 is 12.1 Å². The maximum Gasteiger partial charge on any atom is 0.432 e. The van der Waals surface area contributed by atoms with Crippen molar-refractivity contribution in [1.29, 1.82) is 0 Å². The Hall–Kier alpha value is -2.77. The summed E-state index contributed by atoms with van der Waals surface area (Å²) in [6, 6.07) is 5.61. The Kier molecular flexibility index (Phi) is 3.74. The van der Waals surface area contributed by atoms with E-state index in [1.54, 1.807) is 0 Å². The van der Waals surface area contributed by atoms with Gasteiger partial charge in [-0.2, -0.15) is 4.68 Å². The maximum atomic E-state index is 12.7. The van der Waals surface area contributed by atoms with Crippen molar-refractivity contribution in [2.24, 2.45) is 12.1 Å². The van der Waals surface area contributed by atoms with Crippen molar-refractivity contribution in [3.8, 4) is 0 Å². The summed E-state index contributed by atoms with van der Waals surface area (Å²) < 4.78 is 14.0. The minimum Gasteiger partial charge on any atom is -0.352 e.